The lowest BCUT2D eigenvalue weighted by Gasteiger charge is -1.94. The Morgan fingerprint density at radius 1 is 1.21 bits per heavy atom. The number of aliphatic hydroxyl groups excluding tert-OH is 1. The first-order chi connectivity index (χ1) is 8.83. The SMILES string of the molecule is C=CCOC(N)=S.CC=CCl.CC=CCl.NC(O)=S. The molecule has 0 saturated heterocycles. The third-order valence-electron chi connectivity index (χ3n) is 0.595. The maximum Gasteiger partial charge on any atom is 0.254 e. The number of rotatable bonds is 2. The molecule has 0 amide bonds. The predicted octanol–water partition coefficient (Wildman–Crippen LogP) is 3.74. The van der Waals surface area contributed by atoms with Crippen molar-refractivity contribution in [3.05, 3.63) is 35.9 Å². The number of hydrogen-bond donors (Lipinski definition) is 3. The molecule has 0 bridgehead atoms. The zero-order valence-corrected chi connectivity index (χ0v) is 14.0. The number of nitrogens with two attached hydrogens (primary N) is 2. The van der Waals surface area contributed by atoms with Crippen molar-refractivity contribution < 1.29 is 9.84 Å². The highest BCUT2D eigenvalue weighted by atomic mass is 35.5. The van der Waals surface area contributed by atoms with E-state index in [0.717, 1.165) is 0 Å². The fourth-order valence-corrected chi connectivity index (χ4v) is 0.209. The van der Waals surface area contributed by atoms with E-state index in [1.54, 1.807) is 18.2 Å². The van der Waals surface area contributed by atoms with Gasteiger partial charge in [-0.3, -0.25) is 0 Å². The third kappa shape index (κ3) is 148. The van der Waals surface area contributed by atoms with Crippen molar-refractivity contribution in [3.63, 3.8) is 0 Å². The molecule has 0 aliphatic rings. The molecule has 0 aliphatic heterocycles. The van der Waals surface area contributed by atoms with Crippen molar-refractivity contribution >= 4 is 58.0 Å². The van der Waals surface area contributed by atoms with Crippen LogP contribution in [0.4, 0.5) is 0 Å². The summed E-state index contributed by atoms with van der Waals surface area (Å²) in [4.78, 5) is 0. The van der Waals surface area contributed by atoms with Crippen LogP contribution in [0.5, 0.6) is 0 Å². The van der Waals surface area contributed by atoms with E-state index < -0.39 is 5.17 Å². The second-order valence-corrected chi connectivity index (χ2v) is 3.50. The molecule has 19 heavy (non-hydrogen) atoms. The van der Waals surface area contributed by atoms with Crippen LogP contribution in [0.15, 0.2) is 35.9 Å². The van der Waals surface area contributed by atoms with Gasteiger partial charge in [-0.2, -0.15) is 0 Å². The van der Waals surface area contributed by atoms with E-state index >= 15 is 0 Å². The second-order valence-electron chi connectivity index (χ2n) is 2.18. The Kier molecular flexibility index (Phi) is 42.6. The first-order valence-electron chi connectivity index (χ1n) is 4.78. The summed E-state index contributed by atoms with van der Waals surface area (Å²) in [5.74, 6) is 0. The van der Waals surface area contributed by atoms with Crippen molar-refractivity contribution in [1.82, 2.24) is 0 Å². The van der Waals surface area contributed by atoms with Gasteiger partial charge in [0.25, 0.3) is 10.3 Å². The van der Waals surface area contributed by atoms with Gasteiger partial charge in [0.2, 0.25) is 0 Å². The van der Waals surface area contributed by atoms with Crippen LogP contribution in [0.3, 0.4) is 0 Å². The standard InChI is InChI=1S/C4H7NOS.2C3H5Cl.CH3NOS/c1-2-3-6-4(5)7;2*1-2-3-4;2-1(3)4/h2H,1,3H2,(H2,5,7);2*2-3H,1H3;(H3,2,3,4). The molecule has 0 heterocycles. The Labute approximate surface area is 135 Å². The Hall–Kier alpha value is -0.820. The van der Waals surface area contributed by atoms with Crippen molar-refractivity contribution in [2.45, 2.75) is 13.8 Å². The Bertz CT molecular complexity index is 251. The molecule has 0 aromatic rings. The summed E-state index contributed by atoms with van der Waals surface area (Å²) < 4.78 is 4.58. The largest absolute Gasteiger partial charge is 0.487 e. The first kappa shape index (κ1) is 26.7. The minimum atomic E-state index is -0.500. The van der Waals surface area contributed by atoms with E-state index in [4.69, 9.17) is 34.0 Å². The van der Waals surface area contributed by atoms with Gasteiger partial charge >= 0.3 is 0 Å². The van der Waals surface area contributed by atoms with E-state index in [2.05, 4.69) is 41.5 Å². The number of hydrogen-bond acceptors (Lipinski definition) is 3. The molecule has 0 rings (SSSR count). The number of thiocarbonyl (C=S) groups is 2. The summed E-state index contributed by atoms with van der Waals surface area (Å²) >= 11 is 18.2. The van der Waals surface area contributed by atoms with Gasteiger partial charge in [-0.1, -0.05) is 48.0 Å². The topological polar surface area (TPSA) is 81.5 Å². The highest BCUT2D eigenvalue weighted by Gasteiger charge is 1.78. The number of ether oxygens (including phenoxy) is 1. The Morgan fingerprint density at radius 2 is 1.47 bits per heavy atom. The van der Waals surface area contributed by atoms with Crippen LogP contribution in [-0.2, 0) is 4.74 Å². The molecule has 0 atom stereocenters. The smallest absolute Gasteiger partial charge is 0.254 e. The van der Waals surface area contributed by atoms with Gasteiger partial charge in [0.15, 0.2) is 0 Å². The first-order valence-corrected chi connectivity index (χ1v) is 6.47. The van der Waals surface area contributed by atoms with Gasteiger partial charge in [0.1, 0.15) is 6.61 Å². The van der Waals surface area contributed by atoms with Crippen molar-refractivity contribution in [2.75, 3.05) is 6.61 Å². The van der Waals surface area contributed by atoms with Crippen LogP contribution in [0.25, 0.3) is 0 Å². The average Bonchev–Trinajstić information content (AvgIpc) is 2.36. The van der Waals surface area contributed by atoms with E-state index in [1.165, 1.54) is 11.1 Å². The Morgan fingerprint density at radius 3 is 1.53 bits per heavy atom. The number of halogens is 2. The lowest BCUT2D eigenvalue weighted by molar-refractivity contribution is 0.355. The third-order valence-corrected chi connectivity index (χ3v) is 1.22. The van der Waals surface area contributed by atoms with Gasteiger partial charge in [-0.05, 0) is 49.4 Å². The van der Waals surface area contributed by atoms with E-state index in [1.807, 2.05) is 13.8 Å². The van der Waals surface area contributed by atoms with Crippen LogP contribution >= 0.6 is 47.6 Å². The maximum atomic E-state index is 7.56. The summed E-state index contributed by atoms with van der Waals surface area (Å²) in [7, 11) is 0. The summed E-state index contributed by atoms with van der Waals surface area (Å²) in [6.45, 7) is 7.53. The van der Waals surface area contributed by atoms with Crippen molar-refractivity contribution in [1.29, 1.82) is 0 Å². The summed E-state index contributed by atoms with van der Waals surface area (Å²) in [5, 5.41) is 7.13. The molecular formula is C11H20Cl2N2O2S2. The van der Waals surface area contributed by atoms with Crippen LogP contribution in [0.2, 0.25) is 0 Å². The second kappa shape index (κ2) is 30.3. The monoisotopic (exact) mass is 346 g/mol. The Balaban J connectivity index is -0.0000000825. The van der Waals surface area contributed by atoms with Gasteiger partial charge in [-0.15, -0.1) is 0 Å². The van der Waals surface area contributed by atoms with Gasteiger partial charge in [-0.25, -0.2) is 0 Å². The van der Waals surface area contributed by atoms with Crippen LogP contribution in [0.1, 0.15) is 13.8 Å². The molecule has 0 spiro atoms. The predicted molar refractivity (Wildman–Crippen MR) is 93.7 cm³/mol. The number of aliphatic hydroxyl groups is 1. The molecule has 5 N–H and O–H groups in total. The molecule has 4 nitrogen and oxygen atoms in total. The van der Waals surface area contributed by atoms with Crippen LogP contribution in [0, 0.1) is 0 Å². The zero-order chi connectivity index (χ0) is 16.1. The summed E-state index contributed by atoms with van der Waals surface area (Å²) in [6.07, 6.45) is 5.11. The van der Waals surface area contributed by atoms with E-state index in [9.17, 15) is 0 Å². The van der Waals surface area contributed by atoms with Crippen LogP contribution in [-0.4, -0.2) is 22.1 Å². The zero-order valence-electron chi connectivity index (χ0n) is 10.9. The fraction of sp³-hybridized carbons (Fsp3) is 0.273. The molecular weight excluding hydrogens is 327 g/mol. The molecule has 112 valence electrons. The minimum Gasteiger partial charge on any atom is -0.487 e. The highest BCUT2D eigenvalue weighted by Crippen LogP contribution is 1.72. The summed E-state index contributed by atoms with van der Waals surface area (Å²) in [5.41, 5.74) is 12.3. The molecule has 0 fully saturated rings. The molecule has 0 aromatic heterocycles. The quantitative estimate of drug-likeness (QED) is 0.521. The molecule has 0 aliphatic carbocycles. The summed E-state index contributed by atoms with van der Waals surface area (Å²) in [6, 6.07) is 0. The average molecular weight is 347 g/mol. The fourth-order valence-electron chi connectivity index (χ4n) is 0.141. The van der Waals surface area contributed by atoms with Crippen molar-refractivity contribution in [2.24, 2.45) is 11.5 Å². The van der Waals surface area contributed by atoms with Gasteiger partial charge in [0.05, 0.1) is 0 Å². The maximum absolute atomic E-state index is 7.56. The number of allylic oxidation sites excluding steroid dienone is 2. The lowest BCUT2D eigenvalue weighted by Crippen LogP contribution is -2.11. The molecule has 0 unspecified atom stereocenters. The normalized spacial score (nSPS) is 8.00. The van der Waals surface area contributed by atoms with E-state index in [0.29, 0.717) is 6.61 Å². The van der Waals surface area contributed by atoms with Crippen molar-refractivity contribution in [3.8, 4) is 0 Å². The highest BCUT2D eigenvalue weighted by molar-refractivity contribution is 7.80. The van der Waals surface area contributed by atoms with E-state index in [-0.39, 0.29) is 5.17 Å². The molecule has 0 saturated carbocycles. The molecule has 0 radical (unpaired) electrons. The lowest BCUT2D eigenvalue weighted by atomic mass is 10.7. The van der Waals surface area contributed by atoms with Gasteiger partial charge in [0, 0.05) is 0 Å². The minimum absolute atomic E-state index is 0.0694. The van der Waals surface area contributed by atoms with Gasteiger partial charge < -0.3 is 21.3 Å². The molecule has 8 heteroatoms. The molecule has 0 aromatic carbocycles. The van der Waals surface area contributed by atoms with Crippen LogP contribution < -0.4 is 11.5 Å².